The normalized spacial score (nSPS) is 10.9. The third kappa shape index (κ3) is 4.41. The molecular formula is C26H20FN5O2S. The number of aromatic nitrogens is 4. The number of para-hydroxylation sites is 1. The van der Waals surface area contributed by atoms with Gasteiger partial charge in [-0.3, -0.25) is 14.9 Å². The van der Waals surface area contributed by atoms with Crippen LogP contribution in [-0.4, -0.2) is 25.2 Å². The van der Waals surface area contributed by atoms with E-state index < -0.39 is 5.91 Å². The molecule has 0 spiro atoms. The number of thiazole rings is 1. The monoisotopic (exact) mass is 485 g/mol. The van der Waals surface area contributed by atoms with Crippen LogP contribution < -0.4 is 10.9 Å². The van der Waals surface area contributed by atoms with Gasteiger partial charge in [0.2, 0.25) is 0 Å². The van der Waals surface area contributed by atoms with Crippen LogP contribution >= 0.6 is 11.3 Å². The summed E-state index contributed by atoms with van der Waals surface area (Å²) in [5, 5.41) is 9.26. The number of hydrogen-bond donors (Lipinski definition) is 1. The highest BCUT2D eigenvalue weighted by molar-refractivity contribution is 7.14. The molecule has 3 aromatic heterocycles. The van der Waals surface area contributed by atoms with Crippen molar-refractivity contribution in [2.45, 2.75) is 13.8 Å². The lowest BCUT2D eigenvalue weighted by atomic mass is 10.2. The van der Waals surface area contributed by atoms with Gasteiger partial charge in [0.25, 0.3) is 11.5 Å². The Morgan fingerprint density at radius 2 is 1.71 bits per heavy atom. The molecule has 2 aromatic carbocycles. The van der Waals surface area contributed by atoms with E-state index in [9.17, 15) is 14.0 Å². The van der Waals surface area contributed by atoms with Crippen LogP contribution in [0.2, 0.25) is 0 Å². The Balaban J connectivity index is 1.40. The van der Waals surface area contributed by atoms with Crippen LogP contribution in [0.1, 0.15) is 21.9 Å². The summed E-state index contributed by atoms with van der Waals surface area (Å²) in [7, 11) is 0. The molecule has 0 aliphatic heterocycles. The molecule has 7 nitrogen and oxygen atoms in total. The molecule has 3 heterocycles. The van der Waals surface area contributed by atoms with Crippen molar-refractivity contribution in [2.24, 2.45) is 0 Å². The first kappa shape index (κ1) is 22.4. The first-order valence-electron chi connectivity index (χ1n) is 10.8. The molecule has 0 unspecified atom stereocenters. The molecule has 0 radical (unpaired) electrons. The second-order valence-electron chi connectivity index (χ2n) is 7.89. The molecule has 5 aromatic rings. The molecule has 0 saturated carbocycles. The van der Waals surface area contributed by atoms with Crippen LogP contribution in [0.25, 0.3) is 22.6 Å². The van der Waals surface area contributed by atoms with Crippen LogP contribution in [-0.2, 0) is 0 Å². The summed E-state index contributed by atoms with van der Waals surface area (Å²) in [4.78, 5) is 29.7. The first-order chi connectivity index (χ1) is 16.9. The van der Waals surface area contributed by atoms with E-state index >= 15 is 0 Å². The number of nitrogens with one attached hydrogen (secondary N) is 1. The summed E-state index contributed by atoms with van der Waals surface area (Å²) in [5.74, 6) is -0.752. The Morgan fingerprint density at radius 3 is 2.46 bits per heavy atom. The molecule has 0 saturated heterocycles. The van der Waals surface area contributed by atoms with E-state index in [2.05, 4.69) is 15.4 Å². The predicted octanol–water partition coefficient (Wildman–Crippen LogP) is 5.15. The molecule has 0 bridgehead atoms. The van der Waals surface area contributed by atoms with Gasteiger partial charge in [-0.15, -0.1) is 11.3 Å². The Bertz CT molecular complexity index is 1590. The van der Waals surface area contributed by atoms with Crippen molar-refractivity contribution in [1.29, 1.82) is 0 Å². The van der Waals surface area contributed by atoms with Crippen molar-refractivity contribution < 1.29 is 9.18 Å². The van der Waals surface area contributed by atoms with Crippen LogP contribution in [0.3, 0.4) is 0 Å². The quantitative estimate of drug-likeness (QED) is 0.373. The number of anilines is 1. The standard InChI is InChI=1S/C26H20FN5O2S/c1-16-14-21(17(2)31(16)19-10-8-18(27)9-11-19)23-15-35-26(28-23)29-25(34)22-12-13-24(33)32(30-22)20-6-4-3-5-7-20/h3-15H,1-2H3,(H,28,29,34). The van der Waals surface area contributed by atoms with Crippen LogP contribution in [0.5, 0.6) is 0 Å². The highest BCUT2D eigenvalue weighted by Gasteiger charge is 2.17. The van der Waals surface area contributed by atoms with Crippen molar-refractivity contribution in [1.82, 2.24) is 19.3 Å². The summed E-state index contributed by atoms with van der Waals surface area (Å²) < 4.78 is 16.6. The van der Waals surface area contributed by atoms with Gasteiger partial charge in [-0.25, -0.2) is 9.37 Å². The lowest BCUT2D eigenvalue weighted by molar-refractivity contribution is 0.102. The Kier molecular flexibility index (Phi) is 5.84. The predicted molar refractivity (Wildman–Crippen MR) is 134 cm³/mol. The minimum absolute atomic E-state index is 0.0969. The Morgan fingerprint density at radius 1 is 0.971 bits per heavy atom. The van der Waals surface area contributed by atoms with E-state index in [0.29, 0.717) is 16.5 Å². The molecule has 1 amide bonds. The first-order valence-corrected chi connectivity index (χ1v) is 11.7. The summed E-state index contributed by atoms with van der Waals surface area (Å²) >= 11 is 1.29. The van der Waals surface area contributed by atoms with Gasteiger partial charge in [-0.05, 0) is 62.4 Å². The molecule has 1 N–H and O–H groups in total. The number of carbonyl (C=O) groups is 1. The number of aryl methyl sites for hydroxylation is 1. The summed E-state index contributed by atoms with van der Waals surface area (Å²) in [5.41, 5.74) is 4.76. The van der Waals surface area contributed by atoms with E-state index in [1.807, 2.05) is 35.9 Å². The maximum absolute atomic E-state index is 13.4. The molecule has 9 heteroatoms. The second-order valence-corrected chi connectivity index (χ2v) is 8.75. The van der Waals surface area contributed by atoms with Gasteiger partial charge < -0.3 is 4.57 Å². The number of amides is 1. The molecule has 5 rings (SSSR count). The zero-order chi connectivity index (χ0) is 24.5. The topological polar surface area (TPSA) is 81.8 Å². The van der Waals surface area contributed by atoms with Crippen LogP contribution in [0.4, 0.5) is 9.52 Å². The lowest BCUT2D eigenvalue weighted by Gasteiger charge is -2.09. The molecule has 174 valence electrons. The highest BCUT2D eigenvalue weighted by Crippen LogP contribution is 2.31. The third-order valence-electron chi connectivity index (χ3n) is 5.55. The maximum atomic E-state index is 13.4. The van der Waals surface area contributed by atoms with Gasteiger partial charge in [-0.2, -0.15) is 9.78 Å². The molecule has 35 heavy (non-hydrogen) atoms. The number of halogens is 1. The minimum atomic E-state index is -0.465. The van der Waals surface area contributed by atoms with Gasteiger partial charge in [0.05, 0.1) is 11.4 Å². The van der Waals surface area contributed by atoms with E-state index in [-0.39, 0.29) is 17.1 Å². The van der Waals surface area contributed by atoms with Gasteiger partial charge in [-0.1, -0.05) is 18.2 Å². The maximum Gasteiger partial charge on any atom is 0.277 e. The van der Waals surface area contributed by atoms with Crippen molar-refractivity contribution in [3.63, 3.8) is 0 Å². The van der Waals surface area contributed by atoms with E-state index in [0.717, 1.165) is 22.6 Å². The average molecular weight is 486 g/mol. The number of benzene rings is 2. The van der Waals surface area contributed by atoms with E-state index in [1.165, 1.54) is 40.3 Å². The van der Waals surface area contributed by atoms with Crippen molar-refractivity contribution in [3.05, 3.63) is 111 Å². The van der Waals surface area contributed by atoms with Gasteiger partial charge in [0.1, 0.15) is 11.5 Å². The number of rotatable bonds is 5. The minimum Gasteiger partial charge on any atom is -0.318 e. The highest BCUT2D eigenvalue weighted by atomic mass is 32.1. The van der Waals surface area contributed by atoms with E-state index in [1.54, 1.807) is 36.4 Å². The molecule has 0 aliphatic rings. The fourth-order valence-corrected chi connectivity index (χ4v) is 4.62. The summed E-state index contributed by atoms with van der Waals surface area (Å²) in [6.45, 7) is 3.95. The third-order valence-corrected chi connectivity index (χ3v) is 6.31. The summed E-state index contributed by atoms with van der Waals surface area (Å²) in [6, 6.07) is 19.9. The molecular weight excluding hydrogens is 465 g/mol. The SMILES string of the molecule is Cc1cc(-c2csc(NC(=O)c3ccc(=O)n(-c4ccccc4)n3)n2)c(C)n1-c1ccc(F)cc1. The largest absolute Gasteiger partial charge is 0.318 e. The summed E-state index contributed by atoms with van der Waals surface area (Å²) in [6.07, 6.45) is 0. The zero-order valence-electron chi connectivity index (χ0n) is 18.9. The zero-order valence-corrected chi connectivity index (χ0v) is 19.7. The fourth-order valence-electron chi connectivity index (χ4n) is 3.91. The van der Waals surface area contributed by atoms with Crippen LogP contribution in [0.15, 0.2) is 83.0 Å². The lowest BCUT2D eigenvalue weighted by Crippen LogP contribution is -2.24. The fraction of sp³-hybridized carbons (Fsp3) is 0.0769. The number of carbonyl (C=O) groups excluding carboxylic acids is 1. The van der Waals surface area contributed by atoms with Gasteiger partial charge in [0, 0.05) is 34.1 Å². The Hall–Kier alpha value is -4.37. The molecule has 0 fully saturated rings. The van der Waals surface area contributed by atoms with Crippen LogP contribution in [0, 0.1) is 19.7 Å². The number of hydrogen-bond acceptors (Lipinski definition) is 5. The molecule has 0 atom stereocenters. The van der Waals surface area contributed by atoms with Crippen molar-refractivity contribution >= 4 is 22.4 Å². The van der Waals surface area contributed by atoms with Crippen molar-refractivity contribution in [2.75, 3.05) is 5.32 Å². The van der Waals surface area contributed by atoms with Crippen molar-refractivity contribution in [3.8, 4) is 22.6 Å². The second kappa shape index (κ2) is 9.11. The van der Waals surface area contributed by atoms with Gasteiger partial charge >= 0.3 is 0 Å². The smallest absolute Gasteiger partial charge is 0.277 e. The average Bonchev–Trinajstić information content (AvgIpc) is 3.44. The van der Waals surface area contributed by atoms with E-state index in [4.69, 9.17) is 0 Å². The van der Waals surface area contributed by atoms with Gasteiger partial charge in [0.15, 0.2) is 5.13 Å². The number of nitrogens with zero attached hydrogens (tertiary/aromatic N) is 4. The Labute approximate surface area is 204 Å². The molecule has 0 aliphatic carbocycles.